The van der Waals surface area contributed by atoms with Crippen LogP contribution in [0.15, 0.2) is 12.1 Å². The van der Waals surface area contributed by atoms with Crippen molar-refractivity contribution in [1.82, 2.24) is 9.88 Å². The summed E-state index contributed by atoms with van der Waals surface area (Å²) in [6.07, 6.45) is 0. The summed E-state index contributed by atoms with van der Waals surface area (Å²) in [6.45, 7) is 4.66. The summed E-state index contributed by atoms with van der Waals surface area (Å²) in [6, 6.07) is 3.25. The minimum atomic E-state index is -0.219. The predicted octanol–water partition coefficient (Wildman–Crippen LogP) is 2.41. The molecule has 0 atom stereocenters. The SMILES string of the molecule is CC(C)c1ccc(F)c(CN(C)C)n1. The van der Waals surface area contributed by atoms with Crippen molar-refractivity contribution in [3.05, 3.63) is 29.3 Å². The van der Waals surface area contributed by atoms with Gasteiger partial charge in [-0.3, -0.25) is 4.98 Å². The third-order valence-corrected chi connectivity index (χ3v) is 2.00. The van der Waals surface area contributed by atoms with Crippen LogP contribution in [0.2, 0.25) is 0 Å². The Kier molecular flexibility index (Phi) is 3.58. The first-order chi connectivity index (χ1) is 6.50. The Morgan fingerprint density at radius 1 is 1.36 bits per heavy atom. The Hall–Kier alpha value is -0.960. The van der Waals surface area contributed by atoms with E-state index in [9.17, 15) is 4.39 Å². The lowest BCUT2D eigenvalue weighted by molar-refractivity contribution is 0.384. The smallest absolute Gasteiger partial charge is 0.146 e. The van der Waals surface area contributed by atoms with E-state index in [0.29, 0.717) is 18.2 Å². The minimum Gasteiger partial charge on any atom is -0.303 e. The molecule has 1 aromatic rings. The molecule has 0 saturated carbocycles. The van der Waals surface area contributed by atoms with Crippen molar-refractivity contribution >= 4 is 0 Å². The number of hydrogen-bond donors (Lipinski definition) is 0. The van der Waals surface area contributed by atoms with Gasteiger partial charge in [-0.25, -0.2) is 4.39 Å². The monoisotopic (exact) mass is 196 g/mol. The maximum absolute atomic E-state index is 13.3. The first-order valence-electron chi connectivity index (χ1n) is 4.80. The van der Waals surface area contributed by atoms with Gasteiger partial charge in [-0.2, -0.15) is 0 Å². The standard InChI is InChI=1S/C11H17FN2/c1-8(2)10-6-5-9(12)11(13-10)7-14(3)4/h5-6,8H,7H2,1-4H3. The second-order valence-corrected chi connectivity index (χ2v) is 4.06. The van der Waals surface area contributed by atoms with Crippen molar-refractivity contribution in [3.63, 3.8) is 0 Å². The van der Waals surface area contributed by atoms with Crippen molar-refractivity contribution in [2.75, 3.05) is 14.1 Å². The van der Waals surface area contributed by atoms with Gasteiger partial charge in [0.15, 0.2) is 0 Å². The molecule has 0 radical (unpaired) electrons. The van der Waals surface area contributed by atoms with Crippen LogP contribution in [-0.4, -0.2) is 24.0 Å². The first-order valence-corrected chi connectivity index (χ1v) is 4.80. The fraction of sp³-hybridized carbons (Fsp3) is 0.545. The third kappa shape index (κ3) is 2.77. The summed E-state index contributed by atoms with van der Waals surface area (Å²) < 4.78 is 13.3. The zero-order valence-corrected chi connectivity index (χ0v) is 9.21. The van der Waals surface area contributed by atoms with Crippen molar-refractivity contribution in [3.8, 4) is 0 Å². The van der Waals surface area contributed by atoms with Crippen LogP contribution in [0.3, 0.4) is 0 Å². The van der Waals surface area contributed by atoms with Crippen LogP contribution in [0.25, 0.3) is 0 Å². The van der Waals surface area contributed by atoms with Gasteiger partial charge in [0.05, 0.1) is 5.69 Å². The summed E-state index contributed by atoms with van der Waals surface area (Å²) in [5, 5.41) is 0. The molecule has 0 N–H and O–H groups in total. The average Bonchev–Trinajstić information content (AvgIpc) is 2.07. The summed E-state index contributed by atoms with van der Waals surface area (Å²) in [5.41, 5.74) is 1.48. The van der Waals surface area contributed by atoms with Crippen LogP contribution >= 0.6 is 0 Å². The summed E-state index contributed by atoms with van der Waals surface area (Å²) in [4.78, 5) is 6.21. The lowest BCUT2D eigenvalue weighted by Gasteiger charge is -2.12. The molecule has 2 nitrogen and oxygen atoms in total. The molecule has 0 amide bonds. The molecule has 0 aromatic carbocycles. The Labute approximate surface area is 84.8 Å². The number of pyridine rings is 1. The highest BCUT2D eigenvalue weighted by Crippen LogP contribution is 2.14. The molecular formula is C11H17FN2. The molecule has 0 aliphatic carbocycles. The largest absolute Gasteiger partial charge is 0.303 e. The summed E-state index contributed by atoms with van der Waals surface area (Å²) in [5.74, 6) is 0.125. The first kappa shape index (κ1) is 11.1. The zero-order valence-electron chi connectivity index (χ0n) is 9.21. The van der Waals surface area contributed by atoms with E-state index in [1.165, 1.54) is 6.07 Å². The maximum Gasteiger partial charge on any atom is 0.146 e. The molecule has 1 rings (SSSR count). The lowest BCUT2D eigenvalue weighted by atomic mass is 10.1. The molecule has 0 bridgehead atoms. The van der Waals surface area contributed by atoms with E-state index in [0.717, 1.165) is 5.69 Å². The van der Waals surface area contributed by atoms with Crippen LogP contribution in [0, 0.1) is 5.82 Å². The minimum absolute atomic E-state index is 0.219. The molecule has 0 aliphatic rings. The van der Waals surface area contributed by atoms with Gasteiger partial charge in [0.1, 0.15) is 5.82 Å². The highest BCUT2D eigenvalue weighted by atomic mass is 19.1. The van der Waals surface area contributed by atoms with E-state index in [1.54, 1.807) is 6.07 Å². The van der Waals surface area contributed by atoms with Gasteiger partial charge in [0.25, 0.3) is 0 Å². The topological polar surface area (TPSA) is 16.1 Å². The van der Waals surface area contributed by atoms with E-state index in [-0.39, 0.29) is 5.82 Å². The molecule has 0 fully saturated rings. The Balaban J connectivity index is 2.96. The van der Waals surface area contributed by atoms with Gasteiger partial charge in [-0.05, 0) is 32.1 Å². The van der Waals surface area contributed by atoms with Crippen molar-refractivity contribution in [2.24, 2.45) is 0 Å². The molecule has 0 saturated heterocycles. The summed E-state index contributed by atoms with van der Waals surface area (Å²) >= 11 is 0. The number of nitrogens with zero attached hydrogens (tertiary/aromatic N) is 2. The van der Waals surface area contributed by atoms with Crippen LogP contribution < -0.4 is 0 Å². The second kappa shape index (κ2) is 4.51. The third-order valence-electron chi connectivity index (χ3n) is 2.00. The number of aromatic nitrogens is 1. The van der Waals surface area contributed by atoms with Gasteiger partial charge in [0, 0.05) is 12.2 Å². The van der Waals surface area contributed by atoms with Crippen molar-refractivity contribution in [1.29, 1.82) is 0 Å². The van der Waals surface area contributed by atoms with E-state index in [1.807, 2.05) is 19.0 Å². The Morgan fingerprint density at radius 3 is 2.50 bits per heavy atom. The van der Waals surface area contributed by atoms with Gasteiger partial charge in [-0.15, -0.1) is 0 Å². The van der Waals surface area contributed by atoms with Gasteiger partial charge in [0.2, 0.25) is 0 Å². The van der Waals surface area contributed by atoms with Gasteiger partial charge < -0.3 is 4.90 Å². The van der Waals surface area contributed by atoms with E-state index >= 15 is 0 Å². The van der Waals surface area contributed by atoms with Crippen LogP contribution in [0.5, 0.6) is 0 Å². The maximum atomic E-state index is 13.3. The number of hydrogen-bond acceptors (Lipinski definition) is 2. The average molecular weight is 196 g/mol. The summed E-state index contributed by atoms with van der Waals surface area (Å²) in [7, 11) is 3.81. The number of rotatable bonds is 3. The van der Waals surface area contributed by atoms with Crippen LogP contribution in [-0.2, 0) is 6.54 Å². The molecule has 14 heavy (non-hydrogen) atoms. The number of halogens is 1. The molecule has 3 heteroatoms. The zero-order chi connectivity index (χ0) is 10.7. The molecule has 0 unspecified atom stereocenters. The van der Waals surface area contributed by atoms with Crippen LogP contribution in [0.4, 0.5) is 4.39 Å². The van der Waals surface area contributed by atoms with Gasteiger partial charge >= 0.3 is 0 Å². The molecule has 0 aliphatic heterocycles. The molecule has 0 spiro atoms. The molecule has 1 heterocycles. The molecular weight excluding hydrogens is 179 g/mol. The quantitative estimate of drug-likeness (QED) is 0.738. The van der Waals surface area contributed by atoms with E-state index in [4.69, 9.17) is 0 Å². The lowest BCUT2D eigenvalue weighted by Crippen LogP contribution is -2.14. The van der Waals surface area contributed by atoms with Crippen molar-refractivity contribution in [2.45, 2.75) is 26.3 Å². The van der Waals surface area contributed by atoms with Crippen LogP contribution in [0.1, 0.15) is 31.2 Å². The van der Waals surface area contributed by atoms with Crippen molar-refractivity contribution < 1.29 is 4.39 Å². The normalized spacial score (nSPS) is 11.4. The highest BCUT2D eigenvalue weighted by Gasteiger charge is 2.08. The Morgan fingerprint density at radius 2 is 2.00 bits per heavy atom. The molecule has 1 aromatic heterocycles. The van der Waals surface area contributed by atoms with E-state index in [2.05, 4.69) is 18.8 Å². The fourth-order valence-corrected chi connectivity index (χ4v) is 1.23. The predicted molar refractivity (Wildman–Crippen MR) is 55.7 cm³/mol. The van der Waals surface area contributed by atoms with Gasteiger partial charge in [-0.1, -0.05) is 13.8 Å². The second-order valence-electron chi connectivity index (χ2n) is 4.06. The van der Waals surface area contributed by atoms with E-state index < -0.39 is 0 Å². The Bertz CT molecular complexity index is 308. The highest BCUT2D eigenvalue weighted by molar-refractivity contribution is 5.15. The molecule has 78 valence electrons. The fourth-order valence-electron chi connectivity index (χ4n) is 1.23.